The number of aliphatic hydroxyl groups is 10. The van der Waals surface area contributed by atoms with Gasteiger partial charge >= 0.3 is 6.16 Å². The Labute approximate surface area is 186 Å². The molecule has 0 aliphatic carbocycles. The molecule has 0 radical (unpaired) electrons. The van der Waals surface area contributed by atoms with Crippen LogP contribution in [0, 0.1) is 11.8 Å². The summed E-state index contributed by atoms with van der Waals surface area (Å²) >= 11 is 0. The van der Waals surface area contributed by atoms with E-state index in [-0.39, 0.29) is 17.2 Å². The van der Waals surface area contributed by atoms with Crippen molar-refractivity contribution in [2.24, 2.45) is 11.8 Å². The van der Waals surface area contributed by atoms with Crippen molar-refractivity contribution in [3.05, 3.63) is 23.3 Å². The Morgan fingerprint density at radius 2 is 1.58 bits per heavy atom. The summed E-state index contributed by atoms with van der Waals surface area (Å²) in [5, 5.41) is 103. The molecule has 2 unspecified atom stereocenters. The maximum absolute atomic E-state index is 12.8. The van der Waals surface area contributed by atoms with Crippen LogP contribution in [0.25, 0.3) is 0 Å². The largest absolute Gasteiger partial charge is 0.493 e. The minimum atomic E-state index is -4.02. The van der Waals surface area contributed by atoms with Gasteiger partial charge in [0.2, 0.25) is 5.91 Å². The number of benzene rings is 1. The molecule has 2 aliphatic heterocycles. The number of carbonyl (C=O) groups excluding carboxylic acids is 1. The monoisotopic (exact) mass is 477 g/mol. The Bertz CT molecular complexity index is 952. The lowest BCUT2D eigenvalue weighted by Crippen LogP contribution is -2.82. The molecule has 0 bridgehead atoms. The second kappa shape index (κ2) is 7.53. The normalized spacial score (nSPS) is 28.3. The first kappa shape index (κ1) is 25.7. The summed E-state index contributed by atoms with van der Waals surface area (Å²) in [6.07, 6.45) is -4.86. The van der Waals surface area contributed by atoms with E-state index in [2.05, 4.69) is 4.74 Å². The zero-order valence-electron chi connectivity index (χ0n) is 17.9. The summed E-state index contributed by atoms with van der Waals surface area (Å²) in [6.45, 7) is 3.30. The van der Waals surface area contributed by atoms with Crippen LogP contribution in [-0.2, 0) is 16.3 Å². The molecule has 14 heteroatoms. The molecular formula is C19H27NO13. The van der Waals surface area contributed by atoms with Gasteiger partial charge in [-0.2, -0.15) is 4.90 Å². The van der Waals surface area contributed by atoms with Crippen molar-refractivity contribution in [3.63, 3.8) is 0 Å². The second-order valence-electron chi connectivity index (χ2n) is 8.70. The Hall–Kier alpha value is -1.95. The lowest BCUT2D eigenvalue weighted by Gasteiger charge is -2.61. The summed E-state index contributed by atoms with van der Waals surface area (Å²) in [7, 11) is 1.05. The molecule has 1 saturated heterocycles. The van der Waals surface area contributed by atoms with E-state index in [1.165, 1.54) is 0 Å². The van der Waals surface area contributed by atoms with Gasteiger partial charge in [-0.15, -0.1) is 0 Å². The van der Waals surface area contributed by atoms with Crippen LogP contribution in [0.15, 0.2) is 12.1 Å². The summed E-state index contributed by atoms with van der Waals surface area (Å²) in [4.78, 5) is 12.7. The van der Waals surface area contributed by atoms with Crippen LogP contribution in [-0.4, -0.2) is 86.8 Å². The van der Waals surface area contributed by atoms with Crippen molar-refractivity contribution in [1.29, 1.82) is 0 Å². The van der Waals surface area contributed by atoms with Crippen LogP contribution in [0.4, 0.5) is 0 Å². The Balaban J connectivity index is 2.32. The third-order valence-electron chi connectivity index (χ3n) is 5.82. The van der Waals surface area contributed by atoms with Crippen LogP contribution in [0.5, 0.6) is 11.5 Å². The van der Waals surface area contributed by atoms with Crippen LogP contribution < -0.4 is 9.47 Å². The predicted octanol–water partition coefficient (Wildman–Crippen LogP) is -3.83. The number of hydrogen-bond donors (Lipinski definition) is 10. The molecule has 2 aliphatic rings. The molecule has 2 heterocycles. The van der Waals surface area contributed by atoms with Crippen molar-refractivity contribution in [2.45, 2.75) is 56.2 Å². The van der Waals surface area contributed by atoms with Crippen LogP contribution in [0.1, 0.15) is 37.8 Å². The highest BCUT2D eigenvalue weighted by molar-refractivity contribution is 5.84. The van der Waals surface area contributed by atoms with Crippen LogP contribution >= 0.6 is 0 Å². The Morgan fingerprint density at radius 3 is 2.06 bits per heavy atom. The van der Waals surface area contributed by atoms with E-state index in [4.69, 9.17) is 20.1 Å². The number of ether oxygens (including phenoxy) is 2. The first-order chi connectivity index (χ1) is 14.8. The van der Waals surface area contributed by atoms with Gasteiger partial charge in [-0.1, -0.05) is 13.8 Å². The molecule has 186 valence electrons. The van der Waals surface area contributed by atoms with E-state index >= 15 is 0 Å². The maximum atomic E-state index is 12.8. The van der Waals surface area contributed by atoms with Crippen molar-refractivity contribution in [2.75, 3.05) is 7.11 Å². The first-order valence-electron chi connectivity index (χ1n) is 9.79. The highest BCUT2D eigenvalue weighted by atomic mass is 16.9. The van der Waals surface area contributed by atoms with Gasteiger partial charge in [-0.05, 0) is 24.5 Å². The molecule has 14 nitrogen and oxygen atoms in total. The summed E-state index contributed by atoms with van der Waals surface area (Å²) in [5.41, 5.74) is -4.52. The fourth-order valence-corrected chi connectivity index (χ4v) is 4.46. The first-order valence-corrected chi connectivity index (χ1v) is 9.79. The number of hydrogen-bond acceptors (Lipinski definition) is 14. The maximum Gasteiger partial charge on any atom is 0.453 e. The molecule has 10 N–H and O–H groups in total. The lowest BCUT2D eigenvalue weighted by atomic mass is 9.72. The molecule has 0 amide bonds. The number of nitrogens with zero attached hydrogens (tertiary/aromatic N) is 1. The quantitative estimate of drug-likeness (QED) is 0.183. The van der Waals surface area contributed by atoms with Crippen molar-refractivity contribution >= 4 is 5.78 Å². The molecular weight excluding hydrogens is 450 g/mol. The lowest BCUT2D eigenvalue weighted by molar-refractivity contribution is -0.525. The second-order valence-corrected chi connectivity index (χ2v) is 8.70. The smallest absolute Gasteiger partial charge is 0.453 e. The van der Waals surface area contributed by atoms with Gasteiger partial charge < -0.3 is 60.5 Å². The zero-order chi connectivity index (χ0) is 25.4. The van der Waals surface area contributed by atoms with Gasteiger partial charge in [0.1, 0.15) is 5.78 Å². The fraction of sp³-hybridized carbons (Fsp3) is 0.632. The van der Waals surface area contributed by atoms with Crippen molar-refractivity contribution < 1.29 is 65.3 Å². The number of piperidine rings is 1. The molecule has 0 aromatic heterocycles. The van der Waals surface area contributed by atoms with Crippen molar-refractivity contribution in [1.82, 2.24) is 4.90 Å². The SMILES string of the molecule is COc1cc2c(cc1OC(O)(O)O)C(O)(O)C(O)(O)N1C2(O)CC(=O)C(CC(C)C)C1(O)O. The minimum absolute atomic E-state index is 0.160. The average molecular weight is 477 g/mol. The standard InChI is InChI=1S/C19H27NO13/c1-8(2)4-11-12(21)7-15(22)9-5-13(32-3)14(33-19(29,30)31)6-10(9)16(23,24)18(27,28)20(15)17(11,25)26/h5-6,8,11,22-31H,4,7H2,1-3H3. The van der Waals surface area contributed by atoms with Gasteiger partial charge in [0.05, 0.1) is 19.4 Å². The van der Waals surface area contributed by atoms with E-state index < -0.39 is 70.2 Å². The molecule has 2 atom stereocenters. The molecule has 0 spiro atoms. The van der Waals surface area contributed by atoms with Gasteiger partial charge in [0.15, 0.2) is 17.2 Å². The molecule has 1 fully saturated rings. The number of rotatable bonds is 5. The fourth-order valence-electron chi connectivity index (χ4n) is 4.46. The van der Waals surface area contributed by atoms with Crippen LogP contribution in [0.3, 0.4) is 0 Å². The Kier molecular flexibility index (Phi) is 5.85. The van der Waals surface area contributed by atoms with E-state index in [0.29, 0.717) is 6.07 Å². The number of fused-ring (bicyclic) bond motifs is 3. The van der Waals surface area contributed by atoms with E-state index in [1.54, 1.807) is 13.8 Å². The topological polar surface area (TPSA) is 241 Å². The number of carbonyl (C=O) groups is 1. The van der Waals surface area contributed by atoms with Crippen molar-refractivity contribution in [3.8, 4) is 11.5 Å². The van der Waals surface area contributed by atoms with Crippen LogP contribution in [0.2, 0.25) is 0 Å². The molecule has 1 aromatic carbocycles. The van der Waals surface area contributed by atoms with E-state index in [9.17, 15) is 40.5 Å². The number of Topliss-reactive ketones (excluding diaryl/α,β-unsaturated/α-hetero) is 1. The predicted molar refractivity (Wildman–Crippen MR) is 102 cm³/mol. The summed E-state index contributed by atoms with van der Waals surface area (Å²) < 4.78 is 9.41. The summed E-state index contributed by atoms with van der Waals surface area (Å²) in [6, 6.07) is 1.36. The number of ketones is 1. The van der Waals surface area contributed by atoms with Gasteiger partial charge in [-0.25, -0.2) is 0 Å². The van der Waals surface area contributed by atoms with E-state index in [1.807, 2.05) is 0 Å². The molecule has 3 rings (SSSR count). The highest BCUT2D eigenvalue weighted by Crippen LogP contribution is 2.57. The third kappa shape index (κ3) is 3.78. The zero-order valence-corrected chi connectivity index (χ0v) is 17.9. The highest BCUT2D eigenvalue weighted by Gasteiger charge is 2.74. The number of methoxy groups -OCH3 is 1. The van der Waals surface area contributed by atoms with E-state index in [0.717, 1.165) is 13.2 Å². The van der Waals surface area contributed by atoms with Gasteiger partial charge in [-0.3, -0.25) is 4.79 Å². The summed E-state index contributed by atoms with van der Waals surface area (Å²) in [5.74, 6) is -15.3. The third-order valence-corrected chi connectivity index (χ3v) is 5.82. The molecule has 0 saturated carbocycles. The minimum Gasteiger partial charge on any atom is -0.493 e. The van der Waals surface area contributed by atoms with Gasteiger partial charge in [0, 0.05) is 11.1 Å². The molecule has 1 aromatic rings. The van der Waals surface area contributed by atoms with Gasteiger partial charge in [0.25, 0.3) is 11.7 Å². The Morgan fingerprint density at radius 1 is 1.03 bits per heavy atom. The molecule has 33 heavy (non-hydrogen) atoms. The average Bonchev–Trinajstić information content (AvgIpc) is 2.61.